The summed E-state index contributed by atoms with van der Waals surface area (Å²) in [6.45, 7) is 0.536. The van der Waals surface area contributed by atoms with Crippen molar-refractivity contribution in [3.63, 3.8) is 0 Å². The zero-order valence-corrected chi connectivity index (χ0v) is 7.10. The Morgan fingerprint density at radius 1 is 1.46 bits per heavy atom. The van der Waals surface area contributed by atoms with Crippen LogP contribution in [-0.2, 0) is 14.3 Å². The van der Waals surface area contributed by atoms with Crippen molar-refractivity contribution in [2.24, 2.45) is 5.92 Å². The summed E-state index contributed by atoms with van der Waals surface area (Å²) in [4.78, 5) is 21.0. The molecular weight excluding hydrogens is 176 g/mol. The molecule has 0 aromatic heterocycles. The number of hydrogen-bond acceptors (Lipinski definition) is 3. The molecule has 0 aromatic rings. The molecule has 2 unspecified atom stereocenters. The fourth-order valence-corrected chi connectivity index (χ4v) is 1.49. The highest BCUT2D eigenvalue weighted by Gasteiger charge is 2.33. The number of carbonyl (C=O) groups is 2. The largest absolute Gasteiger partial charge is 0.481 e. The van der Waals surface area contributed by atoms with Gasteiger partial charge < -0.3 is 14.9 Å². The lowest BCUT2D eigenvalue weighted by Crippen LogP contribution is -2.29. The Morgan fingerprint density at radius 3 is 2.54 bits per heavy atom. The van der Waals surface area contributed by atoms with Crippen LogP contribution < -0.4 is 0 Å². The van der Waals surface area contributed by atoms with E-state index in [1.807, 2.05) is 0 Å². The number of carboxylic acid groups (broad SMARTS) is 2. The minimum Gasteiger partial charge on any atom is -0.481 e. The van der Waals surface area contributed by atoms with Crippen LogP contribution in [0.3, 0.4) is 0 Å². The van der Waals surface area contributed by atoms with Crippen molar-refractivity contribution in [2.45, 2.75) is 25.4 Å². The van der Waals surface area contributed by atoms with E-state index in [0.29, 0.717) is 13.0 Å². The van der Waals surface area contributed by atoms with Gasteiger partial charge in [-0.15, -0.1) is 0 Å². The summed E-state index contributed by atoms with van der Waals surface area (Å²) in [5.41, 5.74) is 0. The van der Waals surface area contributed by atoms with Crippen LogP contribution in [0.4, 0.5) is 0 Å². The third kappa shape index (κ3) is 2.69. The Bertz CT molecular complexity index is 207. The summed E-state index contributed by atoms with van der Waals surface area (Å²) in [7, 11) is 0. The van der Waals surface area contributed by atoms with Crippen molar-refractivity contribution in [3.8, 4) is 0 Å². The number of hydrogen-bond donors (Lipinski definition) is 2. The Balaban J connectivity index is 2.55. The van der Waals surface area contributed by atoms with Crippen LogP contribution in [0.25, 0.3) is 0 Å². The van der Waals surface area contributed by atoms with Gasteiger partial charge in [-0.25, -0.2) is 0 Å². The average molecular weight is 188 g/mol. The summed E-state index contributed by atoms with van der Waals surface area (Å²) in [6, 6.07) is 0. The van der Waals surface area contributed by atoms with Crippen LogP contribution in [0.5, 0.6) is 0 Å². The molecule has 1 fully saturated rings. The van der Waals surface area contributed by atoms with Gasteiger partial charge in [-0.05, 0) is 12.8 Å². The Hall–Kier alpha value is -1.10. The van der Waals surface area contributed by atoms with E-state index in [1.165, 1.54) is 0 Å². The van der Waals surface area contributed by atoms with E-state index in [4.69, 9.17) is 14.9 Å². The Labute approximate surface area is 75.3 Å². The lowest BCUT2D eigenvalue weighted by molar-refractivity contribution is -0.152. The second-order valence-electron chi connectivity index (χ2n) is 3.09. The smallest absolute Gasteiger partial charge is 0.309 e. The van der Waals surface area contributed by atoms with E-state index in [-0.39, 0.29) is 6.42 Å². The predicted octanol–water partition coefficient (Wildman–Crippen LogP) is 0.341. The van der Waals surface area contributed by atoms with Gasteiger partial charge in [0.15, 0.2) is 0 Å². The van der Waals surface area contributed by atoms with Crippen molar-refractivity contribution < 1.29 is 24.5 Å². The highest BCUT2D eigenvalue weighted by atomic mass is 16.5. The molecule has 5 heteroatoms. The van der Waals surface area contributed by atoms with E-state index in [9.17, 15) is 9.59 Å². The molecule has 74 valence electrons. The monoisotopic (exact) mass is 188 g/mol. The van der Waals surface area contributed by atoms with Crippen LogP contribution >= 0.6 is 0 Å². The van der Waals surface area contributed by atoms with Crippen LogP contribution in [0.15, 0.2) is 0 Å². The zero-order valence-electron chi connectivity index (χ0n) is 7.10. The second-order valence-corrected chi connectivity index (χ2v) is 3.09. The van der Waals surface area contributed by atoms with E-state index >= 15 is 0 Å². The Morgan fingerprint density at radius 2 is 2.15 bits per heavy atom. The lowest BCUT2D eigenvalue weighted by atomic mass is 9.97. The molecule has 0 aliphatic carbocycles. The first-order chi connectivity index (χ1) is 6.11. The normalized spacial score (nSPS) is 24.2. The fourth-order valence-electron chi connectivity index (χ4n) is 1.49. The summed E-state index contributed by atoms with van der Waals surface area (Å²) < 4.78 is 5.13. The lowest BCUT2D eigenvalue weighted by Gasteiger charge is -2.16. The van der Waals surface area contributed by atoms with Gasteiger partial charge in [-0.3, -0.25) is 9.59 Å². The van der Waals surface area contributed by atoms with E-state index in [0.717, 1.165) is 6.42 Å². The van der Waals surface area contributed by atoms with Crippen molar-refractivity contribution in [3.05, 3.63) is 0 Å². The fraction of sp³-hybridized carbons (Fsp3) is 0.750. The Kier molecular flexibility index (Phi) is 3.25. The van der Waals surface area contributed by atoms with Gasteiger partial charge >= 0.3 is 11.9 Å². The van der Waals surface area contributed by atoms with E-state index < -0.39 is 24.0 Å². The highest BCUT2D eigenvalue weighted by Crippen LogP contribution is 2.23. The second kappa shape index (κ2) is 4.23. The van der Waals surface area contributed by atoms with Crippen molar-refractivity contribution >= 4 is 11.9 Å². The van der Waals surface area contributed by atoms with Crippen LogP contribution in [0.2, 0.25) is 0 Å². The first-order valence-corrected chi connectivity index (χ1v) is 4.17. The van der Waals surface area contributed by atoms with Crippen molar-refractivity contribution in [2.75, 3.05) is 6.61 Å². The molecule has 13 heavy (non-hydrogen) atoms. The molecule has 0 amide bonds. The summed E-state index contributed by atoms with van der Waals surface area (Å²) in [6.07, 6.45) is 0.673. The molecule has 2 atom stereocenters. The highest BCUT2D eigenvalue weighted by molar-refractivity contribution is 5.78. The SMILES string of the molecule is O=C(O)CC(C(=O)O)C1CCCO1. The quantitative estimate of drug-likeness (QED) is 0.664. The van der Waals surface area contributed by atoms with E-state index in [2.05, 4.69) is 0 Å². The number of carboxylic acids is 2. The van der Waals surface area contributed by atoms with Crippen molar-refractivity contribution in [1.82, 2.24) is 0 Å². The van der Waals surface area contributed by atoms with Crippen LogP contribution in [0, 0.1) is 5.92 Å². The van der Waals surface area contributed by atoms with Gasteiger partial charge in [-0.2, -0.15) is 0 Å². The zero-order chi connectivity index (χ0) is 9.84. The molecular formula is C8H12O5. The third-order valence-electron chi connectivity index (χ3n) is 2.13. The molecule has 0 radical (unpaired) electrons. The summed E-state index contributed by atoms with van der Waals surface area (Å²) in [5.74, 6) is -3.09. The molecule has 1 rings (SSSR count). The first-order valence-electron chi connectivity index (χ1n) is 4.17. The topological polar surface area (TPSA) is 83.8 Å². The maximum Gasteiger partial charge on any atom is 0.309 e. The molecule has 0 aromatic carbocycles. The average Bonchev–Trinajstić information content (AvgIpc) is 2.50. The molecule has 0 bridgehead atoms. The molecule has 1 aliphatic heterocycles. The molecule has 2 N–H and O–H groups in total. The third-order valence-corrected chi connectivity index (χ3v) is 2.13. The molecule has 0 saturated carbocycles. The number of aliphatic carboxylic acids is 2. The van der Waals surface area contributed by atoms with E-state index in [1.54, 1.807) is 0 Å². The molecule has 1 saturated heterocycles. The molecule has 1 aliphatic rings. The molecule has 1 heterocycles. The molecule has 5 nitrogen and oxygen atoms in total. The summed E-state index contributed by atoms with van der Waals surface area (Å²) >= 11 is 0. The maximum absolute atomic E-state index is 10.7. The first kappa shape index (κ1) is 9.98. The van der Waals surface area contributed by atoms with Gasteiger partial charge in [0.2, 0.25) is 0 Å². The van der Waals surface area contributed by atoms with Gasteiger partial charge in [0, 0.05) is 6.61 Å². The van der Waals surface area contributed by atoms with Gasteiger partial charge in [0.1, 0.15) is 0 Å². The van der Waals surface area contributed by atoms with Crippen LogP contribution in [0.1, 0.15) is 19.3 Å². The number of rotatable bonds is 4. The maximum atomic E-state index is 10.7. The minimum absolute atomic E-state index is 0.361. The van der Waals surface area contributed by atoms with Gasteiger partial charge in [0.05, 0.1) is 18.4 Å². The number of ether oxygens (including phenoxy) is 1. The standard InChI is InChI=1S/C8H12O5/c9-7(10)4-5(8(11)12)6-2-1-3-13-6/h5-6H,1-4H2,(H,9,10)(H,11,12). The van der Waals surface area contributed by atoms with Gasteiger partial charge in [-0.1, -0.05) is 0 Å². The van der Waals surface area contributed by atoms with Gasteiger partial charge in [0.25, 0.3) is 0 Å². The minimum atomic E-state index is -1.09. The predicted molar refractivity (Wildman–Crippen MR) is 42.4 cm³/mol. The van der Waals surface area contributed by atoms with Crippen molar-refractivity contribution in [1.29, 1.82) is 0 Å². The summed E-state index contributed by atoms with van der Waals surface area (Å²) in [5, 5.41) is 17.2. The van der Waals surface area contributed by atoms with Crippen LogP contribution in [-0.4, -0.2) is 34.9 Å². The molecule has 0 spiro atoms.